The number of carboxylic acid groups (broad SMARTS) is 1. The maximum Gasteiger partial charge on any atom is 0.335 e. The molecule has 0 aliphatic carbocycles. The van der Waals surface area contributed by atoms with E-state index in [1.165, 1.54) is 36.4 Å². The summed E-state index contributed by atoms with van der Waals surface area (Å²) in [7, 11) is -3.58. The highest BCUT2D eigenvalue weighted by Gasteiger charge is 2.12. The molecule has 2 aromatic rings. The van der Waals surface area contributed by atoms with Crippen LogP contribution in [0.1, 0.15) is 10.4 Å². The molecule has 0 atom stereocenters. The van der Waals surface area contributed by atoms with Gasteiger partial charge in [-0.25, -0.2) is 17.9 Å². The van der Waals surface area contributed by atoms with Crippen LogP contribution in [0.2, 0.25) is 0 Å². The van der Waals surface area contributed by atoms with E-state index in [0.29, 0.717) is 90.7 Å². The molecule has 0 unspecified atom stereocenters. The van der Waals surface area contributed by atoms with Gasteiger partial charge in [-0.05, 0) is 48.5 Å². The van der Waals surface area contributed by atoms with Gasteiger partial charge in [-0.15, -0.1) is 0 Å². The zero-order valence-corrected chi connectivity index (χ0v) is 23.9. The number of nitrogens with one attached hydrogen (secondary N) is 1. The molecular weight excluding hydrogens is 560 g/mol. The van der Waals surface area contributed by atoms with Crippen molar-refractivity contribution in [3.63, 3.8) is 0 Å². The lowest BCUT2D eigenvalue weighted by molar-refractivity contribution is -0.0175. The van der Waals surface area contributed by atoms with Gasteiger partial charge >= 0.3 is 5.97 Å². The van der Waals surface area contributed by atoms with Crippen LogP contribution in [-0.2, 0) is 38.4 Å². The van der Waals surface area contributed by atoms with E-state index in [1.54, 1.807) is 12.1 Å². The number of nitrogen functional groups attached to an aromatic ring is 1. The Bertz CT molecular complexity index is 1070. The van der Waals surface area contributed by atoms with Crippen LogP contribution >= 0.6 is 0 Å². The summed E-state index contributed by atoms with van der Waals surface area (Å²) >= 11 is 0. The zero-order valence-electron chi connectivity index (χ0n) is 23.0. The number of sulfonamides is 1. The average Bonchev–Trinajstić information content (AvgIpc) is 2.96. The Morgan fingerprint density at radius 3 is 1.49 bits per heavy atom. The molecule has 0 saturated heterocycles. The van der Waals surface area contributed by atoms with Crippen molar-refractivity contribution in [2.45, 2.75) is 4.90 Å². The van der Waals surface area contributed by atoms with E-state index in [1.807, 2.05) is 0 Å². The van der Waals surface area contributed by atoms with Crippen molar-refractivity contribution >= 4 is 21.7 Å². The van der Waals surface area contributed by atoms with E-state index in [2.05, 4.69) is 4.72 Å². The van der Waals surface area contributed by atoms with Crippen molar-refractivity contribution in [2.24, 2.45) is 0 Å². The Labute approximate surface area is 240 Å². The van der Waals surface area contributed by atoms with Crippen LogP contribution in [0, 0.1) is 0 Å². The fraction of sp³-hybridized carbons (Fsp3) is 0.519. The molecule has 0 aliphatic heterocycles. The number of rotatable bonds is 25. The monoisotopic (exact) mass is 600 g/mol. The lowest BCUT2D eigenvalue weighted by Crippen LogP contribution is -2.27. The first-order valence-electron chi connectivity index (χ1n) is 13.2. The van der Waals surface area contributed by atoms with Crippen LogP contribution in [0.3, 0.4) is 0 Å². The molecule has 0 amide bonds. The summed E-state index contributed by atoms with van der Waals surface area (Å²) in [6.45, 7) is 5.33. The average molecular weight is 601 g/mol. The summed E-state index contributed by atoms with van der Waals surface area (Å²) < 4.78 is 64.6. The molecule has 13 nitrogen and oxygen atoms in total. The SMILES string of the molecule is Nc1ccc(S(=O)(=O)NCCOCCOCCOCCOCCOCCOCCOc2ccc(C(=O)O)cc2)cc1. The molecule has 0 saturated carbocycles. The number of nitrogens with two attached hydrogens (primary N) is 1. The van der Waals surface area contributed by atoms with E-state index < -0.39 is 16.0 Å². The number of hydrogen-bond acceptors (Lipinski definition) is 11. The first-order chi connectivity index (χ1) is 19.9. The van der Waals surface area contributed by atoms with Gasteiger partial charge < -0.3 is 44.0 Å². The summed E-state index contributed by atoms with van der Waals surface area (Å²) in [4.78, 5) is 11.0. The Kier molecular flexibility index (Phi) is 17.6. The van der Waals surface area contributed by atoms with Gasteiger partial charge in [0, 0.05) is 12.2 Å². The standard InChI is InChI=1S/C27H40N2O11S/c28-24-3-7-26(8-4-24)41(32,33)29-9-10-34-11-12-35-13-14-36-15-16-37-17-18-38-19-20-39-21-22-40-25-5-1-23(2-6-25)27(30)31/h1-8,29H,9-22,28H2,(H,30,31). The maximum atomic E-state index is 12.1. The van der Waals surface area contributed by atoms with Crippen molar-refractivity contribution in [3.8, 4) is 5.75 Å². The van der Waals surface area contributed by atoms with Gasteiger partial charge in [-0.2, -0.15) is 0 Å². The molecule has 0 fully saturated rings. The number of anilines is 1. The second-order valence-electron chi connectivity index (χ2n) is 8.32. The number of hydrogen-bond donors (Lipinski definition) is 3. The Hall–Kier alpha value is -2.82. The van der Waals surface area contributed by atoms with Crippen LogP contribution in [0.5, 0.6) is 5.75 Å². The second kappa shape index (κ2) is 21.0. The molecule has 14 heteroatoms. The molecule has 0 spiro atoms. The minimum absolute atomic E-state index is 0.153. The molecule has 4 N–H and O–H groups in total. The molecular formula is C27H40N2O11S. The molecule has 41 heavy (non-hydrogen) atoms. The molecule has 0 aromatic heterocycles. The third kappa shape index (κ3) is 16.3. The Morgan fingerprint density at radius 1 is 0.634 bits per heavy atom. The van der Waals surface area contributed by atoms with E-state index in [4.69, 9.17) is 44.0 Å². The van der Waals surface area contributed by atoms with E-state index in [9.17, 15) is 13.2 Å². The number of ether oxygens (including phenoxy) is 7. The highest BCUT2D eigenvalue weighted by atomic mass is 32.2. The van der Waals surface area contributed by atoms with Crippen molar-refractivity contribution in [1.82, 2.24) is 4.72 Å². The van der Waals surface area contributed by atoms with Crippen molar-refractivity contribution < 1.29 is 51.5 Å². The van der Waals surface area contributed by atoms with Gasteiger partial charge in [-0.1, -0.05) is 0 Å². The maximum absolute atomic E-state index is 12.1. The molecule has 2 aromatic carbocycles. The number of benzene rings is 2. The highest BCUT2D eigenvalue weighted by molar-refractivity contribution is 7.89. The lowest BCUT2D eigenvalue weighted by atomic mass is 10.2. The van der Waals surface area contributed by atoms with Gasteiger partial charge in [0.1, 0.15) is 12.4 Å². The number of carbonyl (C=O) groups is 1. The quantitative estimate of drug-likeness (QED) is 0.111. The van der Waals surface area contributed by atoms with Crippen molar-refractivity contribution in [2.75, 3.05) is 98.2 Å². The van der Waals surface area contributed by atoms with Gasteiger partial charge in [-0.3, -0.25) is 0 Å². The summed E-state index contributed by atoms with van der Waals surface area (Å²) in [6.07, 6.45) is 0. The van der Waals surface area contributed by atoms with Gasteiger partial charge in [0.2, 0.25) is 10.0 Å². The Balaban J connectivity index is 1.26. The molecule has 0 heterocycles. The molecule has 0 aliphatic rings. The summed E-state index contributed by atoms with van der Waals surface area (Å²) in [5.41, 5.74) is 6.28. The third-order valence-corrected chi connectivity index (χ3v) is 6.66. The minimum atomic E-state index is -3.58. The van der Waals surface area contributed by atoms with Crippen LogP contribution < -0.4 is 15.2 Å². The van der Waals surface area contributed by atoms with Crippen LogP contribution in [0.15, 0.2) is 53.4 Å². The first-order valence-corrected chi connectivity index (χ1v) is 14.6. The van der Waals surface area contributed by atoms with Crippen LogP contribution in [-0.4, -0.2) is 112 Å². The van der Waals surface area contributed by atoms with E-state index in [0.717, 1.165) is 0 Å². The van der Waals surface area contributed by atoms with Crippen LogP contribution in [0.25, 0.3) is 0 Å². The molecule has 230 valence electrons. The molecule has 0 bridgehead atoms. The highest BCUT2D eigenvalue weighted by Crippen LogP contribution is 2.12. The van der Waals surface area contributed by atoms with Gasteiger partial charge in [0.25, 0.3) is 0 Å². The molecule has 0 radical (unpaired) electrons. The topological polar surface area (TPSA) is 174 Å². The zero-order chi connectivity index (χ0) is 29.6. The minimum Gasteiger partial charge on any atom is -0.491 e. The predicted molar refractivity (Wildman–Crippen MR) is 150 cm³/mol. The lowest BCUT2D eigenvalue weighted by Gasteiger charge is -2.09. The smallest absolute Gasteiger partial charge is 0.335 e. The fourth-order valence-electron chi connectivity index (χ4n) is 3.09. The van der Waals surface area contributed by atoms with Crippen LogP contribution in [0.4, 0.5) is 5.69 Å². The summed E-state index contributed by atoms with van der Waals surface area (Å²) in [6, 6.07) is 12.2. The molecule has 2 rings (SSSR count). The number of carboxylic acids is 1. The predicted octanol–water partition coefficient (Wildman–Crippen LogP) is 1.42. The second-order valence-corrected chi connectivity index (χ2v) is 10.1. The summed E-state index contributed by atoms with van der Waals surface area (Å²) in [5.74, 6) is -0.390. The first kappa shape index (κ1) is 34.4. The largest absolute Gasteiger partial charge is 0.491 e. The van der Waals surface area contributed by atoms with Crippen molar-refractivity contribution in [1.29, 1.82) is 0 Å². The summed E-state index contributed by atoms with van der Waals surface area (Å²) in [5, 5.41) is 8.86. The van der Waals surface area contributed by atoms with Gasteiger partial charge in [0.15, 0.2) is 0 Å². The third-order valence-electron chi connectivity index (χ3n) is 5.19. The fourth-order valence-corrected chi connectivity index (χ4v) is 4.11. The van der Waals surface area contributed by atoms with E-state index >= 15 is 0 Å². The van der Waals surface area contributed by atoms with Gasteiger partial charge in [0.05, 0.1) is 89.7 Å². The Morgan fingerprint density at radius 2 is 1.05 bits per heavy atom. The number of aromatic carboxylic acids is 1. The normalized spacial score (nSPS) is 11.5. The van der Waals surface area contributed by atoms with Crippen molar-refractivity contribution in [3.05, 3.63) is 54.1 Å². The van der Waals surface area contributed by atoms with E-state index in [-0.39, 0.29) is 23.6 Å².